The van der Waals surface area contributed by atoms with Crippen molar-refractivity contribution in [3.8, 4) is 11.1 Å². The number of fused-ring (bicyclic) bond motifs is 1. The van der Waals surface area contributed by atoms with E-state index in [2.05, 4.69) is 33.2 Å². The van der Waals surface area contributed by atoms with Gasteiger partial charge in [-0.25, -0.2) is 8.78 Å². The molecular weight excluding hydrogens is 558 g/mol. The number of aromatic nitrogens is 2. The number of nitrogens with zero attached hydrogens (tertiary/aromatic N) is 5. The third kappa shape index (κ3) is 7.56. The molecule has 9 heteroatoms. The number of alkyl halides is 2. The van der Waals surface area contributed by atoms with Crippen molar-refractivity contribution in [2.24, 2.45) is 10.9 Å². The van der Waals surface area contributed by atoms with Crippen LogP contribution in [-0.4, -0.2) is 70.0 Å². The summed E-state index contributed by atoms with van der Waals surface area (Å²) in [7, 11) is 0. The van der Waals surface area contributed by atoms with Crippen LogP contribution in [-0.2, 0) is 24.3 Å². The maximum Gasteiger partial charge on any atom is 0.274 e. The van der Waals surface area contributed by atoms with Gasteiger partial charge in [0.2, 0.25) is 0 Å². The number of likely N-dealkylation sites (tertiary alicyclic amines) is 2. The molecule has 1 aromatic carbocycles. The highest BCUT2D eigenvalue weighted by Crippen LogP contribution is 2.30. The summed E-state index contributed by atoms with van der Waals surface area (Å²) < 4.78 is 27.4. The van der Waals surface area contributed by atoms with Gasteiger partial charge in [-0.1, -0.05) is 31.9 Å². The van der Waals surface area contributed by atoms with E-state index in [4.69, 9.17) is 4.99 Å². The van der Waals surface area contributed by atoms with E-state index in [0.717, 1.165) is 71.9 Å². The summed E-state index contributed by atoms with van der Waals surface area (Å²) in [6.07, 6.45) is 12.0. The number of rotatable bonds is 9. The van der Waals surface area contributed by atoms with Gasteiger partial charge in [-0.2, -0.15) is 0 Å². The third-order valence-corrected chi connectivity index (χ3v) is 9.11. The molecule has 3 aliphatic heterocycles. The number of carbonyl (C=O) groups excluding carboxylic acids is 1. The zero-order chi connectivity index (χ0) is 30.5. The fraction of sp³-hybridized carbons (Fsp3) is 0.486. The highest BCUT2D eigenvalue weighted by molar-refractivity contribution is 6.49. The Bertz CT molecular complexity index is 1480. The van der Waals surface area contributed by atoms with Crippen molar-refractivity contribution in [2.75, 3.05) is 38.0 Å². The van der Waals surface area contributed by atoms with Crippen molar-refractivity contribution in [2.45, 2.75) is 70.9 Å². The van der Waals surface area contributed by atoms with Crippen LogP contribution in [0.25, 0.3) is 11.1 Å². The van der Waals surface area contributed by atoms with Crippen LogP contribution in [0.1, 0.15) is 67.8 Å². The summed E-state index contributed by atoms with van der Waals surface area (Å²) in [5, 5.41) is 3.02. The predicted octanol–water partition coefficient (Wildman–Crippen LogP) is 6.37. The largest absolute Gasteiger partial charge is 0.319 e. The first kappa shape index (κ1) is 30.5. The third-order valence-electron chi connectivity index (χ3n) is 9.11. The van der Waals surface area contributed by atoms with E-state index in [-0.39, 0.29) is 18.9 Å². The molecule has 0 aliphatic carbocycles. The monoisotopic (exact) mass is 600 g/mol. The van der Waals surface area contributed by atoms with Crippen molar-refractivity contribution in [1.29, 1.82) is 0 Å². The van der Waals surface area contributed by atoms with Crippen molar-refractivity contribution >= 4 is 17.3 Å². The van der Waals surface area contributed by atoms with E-state index >= 15 is 0 Å². The molecule has 44 heavy (non-hydrogen) atoms. The van der Waals surface area contributed by atoms with E-state index in [1.165, 1.54) is 25.7 Å². The maximum atomic E-state index is 13.7. The summed E-state index contributed by atoms with van der Waals surface area (Å²) in [6.45, 7) is 6.49. The number of benzene rings is 1. The quantitative estimate of drug-likeness (QED) is 0.309. The fourth-order valence-electron chi connectivity index (χ4n) is 6.72. The second-order valence-electron chi connectivity index (χ2n) is 12.6. The molecule has 2 saturated heterocycles. The van der Waals surface area contributed by atoms with Gasteiger partial charge in [0.1, 0.15) is 5.71 Å². The van der Waals surface area contributed by atoms with Crippen LogP contribution in [0.5, 0.6) is 0 Å². The Morgan fingerprint density at radius 3 is 2.61 bits per heavy atom. The van der Waals surface area contributed by atoms with E-state index in [1.54, 1.807) is 23.5 Å². The Balaban J connectivity index is 1.13. The van der Waals surface area contributed by atoms with Crippen molar-refractivity contribution in [3.05, 3.63) is 77.4 Å². The normalized spacial score (nSPS) is 19.3. The lowest BCUT2D eigenvalue weighted by atomic mass is 9.92. The molecule has 3 aliphatic rings. The number of aliphatic imine (C=N–C) groups is 1. The molecule has 0 bridgehead atoms. The van der Waals surface area contributed by atoms with Gasteiger partial charge in [0.05, 0.1) is 24.1 Å². The minimum Gasteiger partial charge on any atom is -0.319 e. The highest BCUT2D eigenvalue weighted by Gasteiger charge is 2.38. The second-order valence-corrected chi connectivity index (χ2v) is 12.6. The topological polar surface area (TPSA) is 73.7 Å². The minimum atomic E-state index is -2.62. The van der Waals surface area contributed by atoms with E-state index in [0.29, 0.717) is 31.0 Å². The number of pyridine rings is 2. The number of anilines is 1. The van der Waals surface area contributed by atoms with Crippen LogP contribution in [0.2, 0.25) is 0 Å². The molecule has 2 fully saturated rings. The first-order chi connectivity index (χ1) is 21.3. The first-order valence-electron chi connectivity index (χ1n) is 16.1. The molecular formula is C35H42F2N6O. The van der Waals surface area contributed by atoms with E-state index in [9.17, 15) is 13.6 Å². The SMILES string of the molecule is CCCC1CCN(Cc2ccc(NC(=O)C3=NCCCc4ccc(-c5cncc(CN6CCC(F)(F)C6)c5)cc43)cn2)CC1. The van der Waals surface area contributed by atoms with Gasteiger partial charge in [0.25, 0.3) is 11.8 Å². The number of carbonyl (C=O) groups is 1. The Morgan fingerprint density at radius 2 is 1.86 bits per heavy atom. The molecule has 0 unspecified atom stereocenters. The summed E-state index contributed by atoms with van der Waals surface area (Å²) >= 11 is 0. The van der Waals surface area contributed by atoms with Crippen LogP contribution < -0.4 is 5.32 Å². The zero-order valence-electron chi connectivity index (χ0n) is 25.6. The first-order valence-corrected chi connectivity index (χ1v) is 16.1. The van der Waals surface area contributed by atoms with Crippen molar-refractivity contribution in [3.63, 3.8) is 0 Å². The highest BCUT2D eigenvalue weighted by atomic mass is 19.3. The molecule has 1 amide bonds. The molecule has 232 valence electrons. The van der Waals surface area contributed by atoms with Gasteiger partial charge >= 0.3 is 0 Å². The number of hydrogen-bond acceptors (Lipinski definition) is 6. The number of halogens is 2. The average molecular weight is 601 g/mol. The van der Waals surface area contributed by atoms with Gasteiger partial charge in [-0.15, -0.1) is 0 Å². The molecule has 0 atom stereocenters. The number of nitrogens with one attached hydrogen (secondary N) is 1. The van der Waals surface area contributed by atoms with Crippen LogP contribution in [0.15, 0.2) is 60.0 Å². The van der Waals surface area contributed by atoms with Crippen LogP contribution in [0.3, 0.4) is 0 Å². The van der Waals surface area contributed by atoms with Gasteiger partial charge in [-0.05, 0) is 85.6 Å². The standard InChI is InChI=1S/C35H42F2N6O/c1-2-4-25-10-14-42(15-11-25)23-31-9-8-30(21-40-31)41-34(44)33-32-18-28(7-6-27(32)5-3-13-39-33)29-17-26(19-38-20-29)22-43-16-12-35(36,37)24-43/h6-9,17-21,25H,2-5,10-16,22-24H2,1H3,(H,41,44). The van der Waals surface area contributed by atoms with Gasteiger partial charge in [0, 0.05) is 56.1 Å². The molecule has 3 aromatic rings. The zero-order valence-corrected chi connectivity index (χ0v) is 25.6. The summed E-state index contributed by atoms with van der Waals surface area (Å²) in [4.78, 5) is 31.5. The molecule has 5 heterocycles. The molecule has 0 spiro atoms. The number of aryl methyl sites for hydroxylation is 1. The Hall–Kier alpha value is -3.56. The number of amides is 1. The lowest BCUT2D eigenvalue weighted by molar-refractivity contribution is -0.110. The van der Waals surface area contributed by atoms with Gasteiger partial charge in [0.15, 0.2) is 0 Å². The number of hydrogen-bond donors (Lipinski definition) is 1. The fourth-order valence-corrected chi connectivity index (χ4v) is 6.72. The molecule has 0 radical (unpaired) electrons. The van der Waals surface area contributed by atoms with Gasteiger partial charge < -0.3 is 5.32 Å². The molecule has 6 rings (SSSR count). The Labute approximate surface area is 258 Å². The van der Waals surface area contributed by atoms with Crippen LogP contribution in [0, 0.1) is 5.92 Å². The molecule has 7 nitrogen and oxygen atoms in total. The summed E-state index contributed by atoms with van der Waals surface area (Å²) in [6, 6.07) is 12.0. The minimum absolute atomic E-state index is 0.104. The van der Waals surface area contributed by atoms with Crippen LogP contribution >= 0.6 is 0 Å². The van der Waals surface area contributed by atoms with Crippen molar-refractivity contribution in [1.82, 2.24) is 19.8 Å². The van der Waals surface area contributed by atoms with E-state index in [1.807, 2.05) is 30.3 Å². The molecule has 2 aromatic heterocycles. The number of piperidine rings is 1. The maximum absolute atomic E-state index is 13.7. The predicted molar refractivity (Wildman–Crippen MR) is 170 cm³/mol. The van der Waals surface area contributed by atoms with E-state index < -0.39 is 5.92 Å². The molecule has 0 saturated carbocycles. The average Bonchev–Trinajstić information content (AvgIpc) is 3.22. The molecule has 1 N–H and O–H groups in total. The van der Waals surface area contributed by atoms with Crippen LogP contribution in [0.4, 0.5) is 14.5 Å². The Kier molecular flexibility index (Phi) is 9.42. The smallest absolute Gasteiger partial charge is 0.274 e. The summed E-state index contributed by atoms with van der Waals surface area (Å²) in [5.41, 5.74) is 6.66. The lowest BCUT2D eigenvalue weighted by Gasteiger charge is -2.31. The summed E-state index contributed by atoms with van der Waals surface area (Å²) in [5.74, 6) is -2.02. The Morgan fingerprint density at radius 1 is 1.00 bits per heavy atom. The van der Waals surface area contributed by atoms with Crippen molar-refractivity contribution < 1.29 is 13.6 Å². The van der Waals surface area contributed by atoms with Gasteiger partial charge in [-0.3, -0.25) is 29.6 Å². The second kappa shape index (κ2) is 13.6. The lowest BCUT2D eigenvalue weighted by Crippen LogP contribution is -2.33.